The van der Waals surface area contributed by atoms with E-state index in [2.05, 4.69) is 0 Å². The molecule has 4 rings (SSSR count). The molecular formula is C23H20N2O4. The van der Waals surface area contributed by atoms with Crippen molar-refractivity contribution in [3.63, 3.8) is 0 Å². The molecule has 3 aromatic carbocycles. The minimum atomic E-state index is -0.593. The topological polar surface area (TPSA) is 81.9 Å². The number of hydrogen-bond acceptors (Lipinski definition) is 4. The molecule has 1 atom stereocenters. The van der Waals surface area contributed by atoms with Gasteiger partial charge in [-0.25, -0.2) is 9.59 Å². The highest BCUT2D eigenvalue weighted by Gasteiger charge is 2.31. The number of para-hydroxylation sites is 2. The molecule has 2 N–H and O–H groups in total. The van der Waals surface area contributed by atoms with Gasteiger partial charge in [0.2, 0.25) is 0 Å². The van der Waals surface area contributed by atoms with Crippen molar-refractivity contribution in [2.24, 2.45) is 5.73 Å². The molecule has 0 spiro atoms. The summed E-state index contributed by atoms with van der Waals surface area (Å²) in [5.74, 6) is 0.111. The molecule has 0 aromatic heterocycles. The van der Waals surface area contributed by atoms with Gasteiger partial charge in [0, 0.05) is 12.0 Å². The summed E-state index contributed by atoms with van der Waals surface area (Å²) in [6, 6.07) is 21.0. The molecule has 29 heavy (non-hydrogen) atoms. The molecule has 0 aliphatic carbocycles. The van der Waals surface area contributed by atoms with Crippen molar-refractivity contribution in [2.75, 3.05) is 12.0 Å². The van der Waals surface area contributed by atoms with E-state index in [-0.39, 0.29) is 0 Å². The molecule has 0 unspecified atom stereocenters. The summed E-state index contributed by atoms with van der Waals surface area (Å²) in [6.45, 7) is 0. The number of esters is 1. The fourth-order valence-corrected chi connectivity index (χ4v) is 3.59. The van der Waals surface area contributed by atoms with E-state index in [0.29, 0.717) is 29.1 Å². The van der Waals surface area contributed by atoms with Crippen LogP contribution in [0.5, 0.6) is 5.75 Å². The molecule has 0 radical (unpaired) electrons. The van der Waals surface area contributed by atoms with Crippen molar-refractivity contribution in [2.45, 2.75) is 12.5 Å². The van der Waals surface area contributed by atoms with Crippen molar-refractivity contribution in [1.29, 1.82) is 0 Å². The van der Waals surface area contributed by atoms with E-state index in [9.17, 15) is 9.59 Å². The Morgan fingerprint density at radius 3 is 2.45 bits per heavy atom. The van der Waals surface area contributed by atoms with Crippen molar-refractivity contribution in [3.8, 4) is 5.75 Å². The first-order chi connectivity index (χ1) is 14.1. The van der Waals surface area contributed by atoms with Gasteiger partial charge in [0.25, 0.3) is 0 Å². The van der Waals surface area contributed by atoms with E-state index in [1.165, 1.54) is 4.90 Å². The zero-order chi connectivity index (χ0) is 20.4. The number of primary amides is 1. The minimum Gasteiger partial charge on any atom is -0.497 e. The van der Waals surface area contributed by atoms with Gasteiger partial charge in [-0.05, 0) is 35.9 Å². The molecule has 0 saturated carbocycles. The number of methoxy groups -OCH3 is 1. The number of urea groups is 1. The standard InChI is InChI=1S/C23H20N2O4/c1-28-17-9-6-8-16(13-17)22(26)29-21-14-15-7-2-4-11-19(15)25(23(24)27)20-12-5-3-10-18(20)21/h2-13,21H,14H2,1H3,(H2,24,27)/t21-/m1/s1. The Morgan fingerprint density at radius 1 is 0.966 bits per heavy atom. The molecule has 2 amide bonds. The van der Waals surface area contributed by atoms with Gasteiger partial charge in [-0.1, -0.05) is 42.5 Å². The smallest absolute Gasteiger partial charge is 0.338 e. The lowest BCUT2D eigenvalue weighted by molar-refractivity contribution is 0.0300. The Labute approximate surface area is 168 Å². The van der Waals surface area contributed by atoms with Gasteiger partial charge < -0.3 is 15.2 Å². The van der Waals surface area contributed by atoms with E-state index < -0.39 is 18.1 Å². The second kappa shape index (κ2) is 7.67. The van der Waals surface area contributed by atoms with Gasteiger partial charge in [0.1, 0.15) is 11.9 Å². The lowest BCUT2D eigenvalue weighted by Gasteiger charge is -2.23. The quantitative estimate of drug-likeness (QED) is 0.676. The highest BCUT2D eigenvalue weighted by Crippen LogP contribution is 2.41. The largest absolute Gasteiger partial charge is 0.497 e. The Kier molecular flexibility index (Phi) is 4.91. The van der Waals surface area contributed by atoms with Gasteiger partial charge in [-0.15, -0.1) is 0 Å². The normalized spacial score (nSPS) is 14.9. The predicted molar refractivity (Wildman–Crippen MR) is 109 cm³/mol. The number of hydrogen-bond donors (Lipinski definition) is 1. The van der Waals surface area contributed by atoms with E-state index in [1.807, 2.05) is 42.5 Å². The number of ether oxygens (including phenoxy) is 2. The lowest BCUT2D eigenvalue weighted by atomic mass is 10.0. The zero-order valence-corrected chi connectivity index (χ0v) is 15.9. The highest BCUT2D eigenvalue weighted by atomic mass is 16.5. The third-order valence-corrected chi connectivity index (χ3v) is 4.94. The van der Waals surface area contributed by atoms with Crippen LogP contribution >= 0.6 is 0 Å². The maximum atomic E-state index is 12.8. The van der Waals surface area contributed by atoms with E-state index in [0.717, 1.165) is 11.1 Å². The van der Waals surface area contributed by atoms with Gasteiger partial charge in [-0.2, -0.15) is 0 Å². The maximum absolute atomic E-state index is 12.8. The molecule has 0 bridgehead atoms. The first-order valence-corrected chi connectivity index (χ1v) is 9.20. The fourth-order valence-electron chi connectivity index (χ4n) is 3.59. The number of carbonyl (C=O) groups excluding carboxylic acids is 2. The first kappa shape index (κ1) is 18.6. The van der Waals surface area contributed by atoms with Gasteiger partial charge in [0.15, 0.2) is 0 Å². The van der Waals surface area contributed by atoms with Gasteiger partial charge in [0.05, 0.1) is 24.0 Å². The lowest BCUT2D eigenvalue weighted by Crippen LogP contribution is -2.32. The van der Waals surface area contributed by atoms with Crippen LogP contribution in [0.15, 0.2) is 72.8 Å². The number of rotatable bonds is 3. The van der Waals surface area contributed by atoms with E-state index in [4.69, 9.17) is 15.2 Å². The van der Waals surface area contributed by atoms with Crippen LogP contribution in [0.2, 0.25) is 0 Å². The predicted octanol–water partition coefficient (Wildman–Crippen LogP) is 4.37. The Balaban J connectivity index is 1.76. The molecule has 6 heteroatoms. The summed E-state index contributed by atoms with van der Waals surface area (Å²) >= 11 is 0. The maximum Gasteiger partial charge on any atom is 0.338 e. The van der Waals surface area contributed by atoms with Gasteiger partial charge >= 0.3 is 12.0 Å². The molecule has 0 saturated heterocycles. The average molecular weight is 388 g/mol. The summed E-state index contributed by atoms with van der Waals surface area (Å²) < 4.78 is 11.1. The number of carbonyl (C=O) groups is 2. The highest BCUT2D eigenvalue weighted by molar-refractivity contribution is 6.00. The number of nitrogens with two attached hydrogens (primary N) is 1. The van der Waals surface area contributed by atoms with E-state index in [1.54, 1.807) is 37.4 Å². The summed E-state index contributed by atoms with van der Waals surface area (Å²) in [4.78, 5) is 26.6. The third-order valence-electron chi connectivity index (χ3n) is 4.94. The molecule has 3 aromatic rings. The Hall–Kier alpha value is -3.80. The van der Waals surface area contributed by atoms with Crippen LogP contribution in [0.3, 0.4) is 0 Å². The summed E-state index contributed by atoms with van der Waals surface area (Å²) in [7, 11) is 1.54. The van der Waals surface area contributed by atoms with Crippen molar-refractivity contribution < 1.29 is 19.1 Å². The number of nitrogens with zero attached hydrogens (tertiary/aromatic N) is 1. The second-order valence-corrected chi connectivity index (χ2v) is 6.69. The first-order valence-electron chi connectivity index (χ1n) is 9.20. The minimum absolute atomic E-state index is 0.395. The average Bonchev–Trinajstić information content (AvgIpc) is 2.88. The van der Waals surface area contributed by atoms with Gasteiger partial charge in [-0.3, -0.25) is 4.90 Å². The van der Waals surface area contributed by atoms with E-state index >= 15 is 0 Å². The molecule has 1 aliphatic heterocycles. The van der Waals surface area contributed by atoms with Crippen molar-refractivity contribution in [1.82, 2.24) is 0 Å². The second-order valence-electron chi connectivity index (χ2n) is 6.69. The SMILES string of the molecule is COc1cccc(C(=O)O[C@@H]2Cc3ccccc3N(C(N)=O)c3ccccc32)c1. The van der Waals surface area contributed by atoms with Crippen molar-refractivity contribution in [3.05, 3.63) is 89.5 Å². The molecule has 1 aliphatic rings. The summed E-state index contributed by atoms with van der Waals surface area (Å²) in [5.41, 5.74) is 8.98. The van der Waals surface area contributed by atoms with Crippen LogP contribution in [0, 0.1) is 0 Å². The van der Waals surface area contributed by atoms with Crippen molar-refractivity contribution >= 4 is 23.4 Å². The monoisotopic (exact) mass is 388 g/mol. The fraction of sp³-hybridized carbons (Fsp3) is 0.130. The van der Waals surface area contributed by atoms with Crippen LogP contribution in [-0.4, -0.2) is 19.1 Å². The molecule has 146 valence electrons. The van der Waals surface area contributed by atoms with Crippen LogP contribution in [0.4, 0.5) is 16.2 Å². The van der Waals surface area contributed by atoms with Crippen LogP contribution in [0.25, 0.3) is 0 Å². The third kappa shape index (κ3) is 3.52. The zero-order valence-electron chi connectivity index (χ0n) is 15.9. The summed E-state index contributed by atoms with van der Waals surface area (Å²) in [6.07, 6.45) is -0.150. The Bertz CT molecular complexity index is 1080. The number of amides is 2. The number of anilines is 2. The van der Waals surface area contributed by atoms with Crippen LogP contribution in [-0.2, 0) is 11.2 Å². The number of fused-ring (bicyclic) bond motifs is 2. The van der Waals surface area contributed by atoms with Crippen LogP contribution < -0.4 is 15.4 Å². The number of benzene rings is 3. The molecule has 0 fully saturated rings. The molecular weight excluding hydrogens is 368 g/mol. The molecule has 6 nitrogen and oxygen atoms in total. The Morgan fingerprint density at radius 2 is 1.69 bits per heavy atom. The van der Waals surface area contributed by atoms with Crippen LogP contribution in [0.1, 0.15) is 27.6 Å². The molecule has 1 heterocycles. The summed E-state index contributed by atoms with van der Waals surface area (Å²) in [5, 5.41) is 0.